The predicted octanol–water partition coefficient (Wildman–Crippen LogP) is -1.96. The maximum atomic E-state index is 12.7. The Bertz CT molecular complexity index is 1790. The normalized spacial score (nSPS) is 24.3. The van der Waals surface area contributed by atoms with Gasteiger partial charge in [0.25, 0.3) is 11.1 Å². The minimum Gasteiger partial charge on any atom is -0.347 e. The molecule has 0 aromatic carbocycles. The molecule has 0 bridgehead atoms. The van der Waals surface area contributed by atoms with E-state index in [4.69, 9.17) is 14.2 Å². The molecule has 2 saturated heterocycles. The molecule has 0 amide bonds. The zero-order chi connectivity index (χ0) is 26.9. The van der Waals surface area contributed by atoms with E-state index in [0.717, 1.165) is 4.57 Å². The van der Waals surface area contributed by atoms with Crippen LogP contribution >= 0.6 is 0 Å². The van der Waals surface area contributed by atoms with E-state index in [-0.39, 0.29) is 24.3 Å². The molecular formula is C22H25N9O7. The van der Waals surface area contributed by atoms with Crippen molar-refractivity contribution < 1.29 is 14.2 Å². The topological polar surface area (TPSA) is 175 Å². The molecule has 2 aliphatic heterocycles. The van der Waals surface area contributed by atoms with Crippen LogP contribution in [0, 0.1) is 0 Å². The van der Waals surface area contributed by atoms with Gasteiger partial charge in [0.05, 0.1) is 25.6 Å². The van der Waals surface area contributed by atoms with Crippen LogP contribution in [0.4, 0.5) is 0 Å². The summed E-state index contributed by atoms with van der Waals surface area (Å²) in [5.41, 5.74) is -0.941. The summed E-state index contributed by atoms with van der Waals surface area (Å²) in [5.74, 6) is -0.899. The van der Waals surface area contributed by atoms with Gasteiger partial charge in [0.15, 0.2) is 23.2 Å². The van der Waals surface area contributed by atoms with E-state index >= 15 is 0 Å². The lowest BCUT2D eigenvalue weighted by Gasteiger charge is -2.24. The number of rotatable bonds is 5. The molecule has 16 nitrogen and oxygen atoms in total. The van der Waals surface area contributed by atoms with E-state index in [9.17, 15) is 19.2 Å². The standard InChI is InChI=1S/C22H25N9O7/c1-22(2)37-15-12(36-19(16(15)38-22)31-6-5-13(32)24-20(31)34)9-30-8-11(25-26-30)7-29-10-23-17-14(29)18(33)28(4)21(35)27(17)3/h5-6,8,10,12,15-16,19H,7,9H2,1-4H3,(H,24,32,34). The van der Waals surface area contributed by atoms with Crippen LogP contribution in [0.3, 0.4) is 0 Å². The summed E-state index contributed by atoms with van der Waals surface area (Å²) < 4.78 is 25.1. The van der Waals surface area contributed by atoms with Gasteiger partial charge in [-0.25, -0.2) is 19.3 Å². The number of aromatic amines is 1. The Morgan fingerprint density at radius 3 is 2.61 bits per heavy atom. The third-order valence-electron chi connectivity index (χ3n) is 6.75. The monoisotopic (exact) mass is 527 g/mol. The summed E-state index contributed by atoms with van der Waals surface area (Å²) in [6.45, 7) is 3.99. The van der Waals surface area contributed by atoms with Gasteiger partial charge in [-0.2, -0.15) is 0 Å². The first-order chi connectivity index (χ1) is 18.0. The number of hydrogen-bond donors (Lipinski definition) is 1. The molecule has 16 heteroatoms. The maximum absolute atomic E-state index is 12.7. The lowest BCUT2D eigenvalue weighted by Crippen LogP contribution is -2.37. The molecule has 1 N–H and O–H groups in total. The van der Waals surface area contributed by atoms with E-state index in [2.05, 4.69) is 20.3 Å². The first-order valence-corrected chi connectivity index (χ1v) is 11.8. The molecule has 0 saturated carbocycles. The molecule has 38 heavy (non-hydrogen) atoms. The minimum absolute atomic E-state index is 0.198. The number of H-pyrrole nitrogens is 1. The zero-order valence-corrected chi connectivity index (χ0v) is 21.0. The van der Waals surface area contributed by atoms with Gasteiger partial charge >= 0.3 is 11.4 Å². The van der Waals surface area contributed by atoms with Gasteiger partial charge in [-0.1, -0.05) is 5.21 Å². The van der Waals surface area contributed by atoms with Crippen molar-refractivity contribution in [3.05, 3.63) is 72.2 Å². The molecule has 4 aromatic rings. The Morgan fingerprint density at radius 2 is 1.84 bits per heavy atom. The maximum Gasteiger partial charge on any atom is 0.332 e. The summed E-state index contributed by atoms with van der Waals surface area (Å²) in [5, 5.41) is 8.40. The summed E-state index contributed by atoms with van der Waals surface area (Å²) >= 11 is 0. The number of fused-ring (bicyclic) bond motifs is 2. The van der Waals surface area contributed by atoms with Crippen LogP contribution in [0.25, 0.3) is 11.2 Å². The van der Waals surface area contributed by atoms with E-state index in [0.29, 0.717) is 5.69 Å². The molecule has 4 unspecified atom stereocenters. The van der Waals surface area contributed by atoms with Crippen LogP contribution in [-0.4, -0.2) is 67.3 Å². The van der Waals surface area contributed by atoms with E-state index in [1.165, 1.54) is 34.8 Å². The fraction of sp³-hybridized carbons (Fsp3) is 0.500. The lowest BCUT2D eigenvalue weighted by atomic mass is 10.1. The molecular weight excluding hydrogens is 502 g/mol. The number of aryl methyl sites for hydroxylation is 1. The third-order valence-corrected chi connectivity index (χ3v) is 6.75. The van der Waals surface area contributed by atoms with Crippen LogP contribution in [0.5, 0.6) is 0 Å². The number of ether oxygens (including phenoxy) is 3. The fourth-order valence-electron chi connectivity index (χ4n) is 5.03. The molecule has 2 fully saturated rings. The number of hydrogen-bond acceptors (Lipinski definition) is 10. The Hall–Kier alpha value is -4.15. The van der Waals surface area contributed by atoms with E-state index in [1.54, 1.807) is 36.3 Å². The highest BCUT2D eigenvalue weighted by Gasteiger charge is 2.56. The van der Waals surface area contributed by atoms with Gasteiger partial charge in [0.1, 0.15) is 24.0 Å². The predicted molar refractivity (Wildman–Crippen MR) is 128 cm³/mol. The molecule has 0 radical (unpaired) electrons. The molecule has 200 valence electrons. The Balaban J connectivity index is 1.26. The van der Waals surface area contributed by atoms with Gasteiger partial charge in [-0.15, -0.1) is 5.10 Å². The molecule has 0 aliphatic carbocycles. The van der Waals surface area contributed by atoms with Gasteiger partial charge in [-0.3, -0.25) is 28.3 Å². The van der Waals surface area contributed by atoms with Crippen molar-refractivity contribution in [2.45, 2.75) is 57.3 Å². The number of nitrogens with zero attached hydrogens (tertiary/aromatic N) is 8. The van der Waals surface area contributed by atoms with Crippen molar-refractivity contribution >= 4 is 11.2 Å². The summed E-state index contributed by atoms with van der Waals surface area (Å²) in [6.07, 6.45) is 2.08. The summed E-state index contributed by atoms with van der Waals surface area (Å²) in [7, 11) is 2.97. The Morgan fingerprint density at radius 1 is 1.08 bits per heavy atom. The highest BCUT2D eigenvalue weighted by Crippen LogP contribution is 2.42. The second-order valence-corrected chi connectivity index (χ2v) is 9.83. The molecule has 2 aliphatic rings. The van der Waals surface area contributed by atoms with Crippen molar-refractivity contribution in [1.82, 2.24) is 43.2 Å². The van der Waals surface area contributed by atoms with Gasteiger partial charge in [0.2, 0.25) is 0 Å². The average Bonchev–Trinajstić information content (AvgIpc) is 3.61. The van der Waals surface area contributed by atoms with Crippen LogP contribution in [-0.2, 0) is 41.4 Å². The highest BCUT2D eigenvalue weighted by atomic mass is 16.8. The average molecular weight is 527 g/mol. The van der Waals surface area contributed by atoms with Crippen LogP contribution < -0.4 is 22.5 Å². The molecule has 6 rings (SSSR count). The second kappa shape index (κ2) is 8.44. The number of imidazole rings is 1. The largest absolute Gasteiger partial charge is 0.347 e. The second-order valence-electron chi connectivity index (χ2n) is 9.83. The van der Waals surface area contributed by atoms with Crippen molar-refractivity contribution in [3.8, 4) is 0 Å². The first-order valence-electron chi connectivity index (χ1n) is 11.8. The van der Waals surface area contributed by atoms with Crippen LogP contribution in [0.2, 0.25) is 0 Å². The third kappa shape index (κ3) is 3.84. The smallest absolute Gasteiger partial charge is 0.332 e. The number of aromatic nitrogens is 9. The number of nitrogens with one attached hydrogen (secondary N) is 1. The van der Waals surface area contributed by atoms with E-state index in [1.807, 2.05) is 0 Å². The van der Waals surface area contributed by atoms with Crippen molar-refractivity contribution in [1.29, 1.82) is 0 Å². The van der Waals surface area contributed by atoms with Crippen molar-refractivity contribution in [2.24, 2.45) is 14.1 Å². The van der Waals surface area contributed by atoms with Gasteiger partial charge in [0, 0.05) is 26.4 Å². The quantitative estimate of drug-likeness (QED) is 0.307. The zero-order valence-electron chi connectivity index (χ0n) is 21.0. The Kier molecular flexibility index (Phi) is 5.37. The van der Waals surface area contributed by atoms with Gasteiger partial charge in [-0.05, 0) is 13.8 Å². The summed E-state index contributed by atoms with van der Waals surface area (Å²) in [6, 6.07) is 1.24. The summed E-state index contributed by atoms with van der Waals surface area (Å²) in [4.78, 5) is 55.3. The van der Waals surface area contributed by atoms with Crippen LogP contribution in [0.15, 0.2) is 44.0 Å². The van der Waals surface area contributed by atoms with Crippen LogP contribution in [0.1, 0.15) is 25.8 Å². The first kappa shape index (κ1) is 24.2. The van der Waals surface area contributed by atoms with Crippen molar-refractivity contribution in [3.63, 3.8) is 0 Å². The molecule has 4 aromatic heterocycles. The van der Waals surface area contributed by atoms with Crippen molar-refractivity contribution in [2.75, 3.05) is 0 Å². The Labute approximate surface area is 212 Å². The molecule has 0 spiro atoms. The minimum atomic E-state index is -0.899. The fourth-order valence-corrected chi connectivity index (χ4v) is 5.03. The molecule has 4 atom stereocenters. The highest BCUT2D eigenvalue weighted by molar-refractivity contribution is 5.70. The lowest BCUT2D eigenvalue weighted by molar-refractivity contribution is -0.198. The van der Waals surface area contributed by atoms with E-state index < -0.39 is 52.8 Å². The SMILES string of the molecule is Cn1c(=O)c2c(ncn2Cc2cn(CC3OC(n4ccc(=O)[nH]c4=O)C4OC(C)(C)OC34)nn2)n(C)c1=O. The van der Waals surface area contributed by atoms with Gasteiger partial charge < -0.3 is 18.8 Å². The molecule has 6 heterocycles.